The van der Waals surface area contributed by atoms with Crippen molar-refractivity contribution in [3.8, 4) is 11.3 Å². The molecule has 5 nitrogen and oxygen atoms in total. The number of benzene rings is 4. The first kappa shape index (κ1) is 26.7. The lowest BCUT2D eigenvalue weighted by Gasteiger charge is -2.16. The molecule has 0 aliphatic rings. The molecule has 0 fully saturated rings. The normalized spacial score (nSPS) is 11.5. The van der Waals surface area contributed by atoms with Gasteiger partial charge in [0.25, 0.3) is 5.91 Å². The van der Waals surface area contributed by atoms with Gasteiger partial charge in [-0.1, -0.05) is 77.8 Å². The molecule has 5 rings (SSSR count). The van der Waals surface area contributed by atoms with Crippen molar-refractivity contribution < 1.29 is 9.59 Å². The van der Waals surface area contributed by atoms with Gasteiger partial charge in [-0.15, -0.1) is 23.1 Å². The highest BCUT2D eigenvalue weighted by Crippen LogP contribution is 2.37. The number of rotatable bonds is 8. The van der Waals surface area contributed by atoms with Crippen molar-refractivity contribution in [2.24, 2.45) is 0 Å². The van der Waals surface area contributed by atoms with Gasteiger partial charge in [0.15, 0.2) is 5.13 Å². The summed E-state index contributed by atoms with van der Waals surface area (Å²) in [6.45, 7) is 1.98. The number of anilines is 2. The molecule has 2 N–H and O–H groups in total. The number of carbonyl (C=O) groups excluding carboxylic acids is 2. The number of amides is 2. The molecule has 1 aromatic heterocycles. The van der Waals surface area contributed by atoms with Gasteiger partial charge < -0.3 is 10.6 Å². The molecule has 0 aliphatic carbocycles. The number of thioether (sulfide) groups is 1. The summed E-state index contributed by atoms with van der Waals surface area (Å²) in [6, 6.07) is 32.0. The largest absolute Gasteiger partial charge is 0.322 e. The molecule has 2 amide bonds. The number of nitrogens with zero attached hydrogens (tertiary/aromatic N) is 1. The average molecular weight is 570 g/mol. The Labute approximate surface area is 240 Å². The summed E-state index contributed by atoms with van der Waals surface area (Å²) in [5.74, 6) is -0.348. The fourth-order valence-corrected chi connectivity index (χ4v) is 5.83. The highest BCUT2D eigenvalue weighted by molar-refractivity contribution is 8.00. The zero-order chi connectivity index (χ0) is 27.2. The van der Waals surface area contributed by atoms with Crippen LogP contribution in [0.5, 0.6) is 0 Å². The van der Waals surface area contributed by atoms with Crippen LogP contribution in [-0.2, 0) is 4.79 Å². The summed E-state index contributed by atoms with van der Waals surface area (Å²) in [7, 11) is 0. The second-order valence-corrected chi connectivity index (χ2v) is 11.2. The number of aryl methyl sites for hydroxylation is 1. The van der Waals surface area contributed by atoms with Gasteiger partial charge in [-0.25, -0.2) is 4.98 Å². The smallest absolute Gasteiger partial charge is 0.255 e. The highest BCUT2D eigenvalue weighted by Gasteiger charge is 2.23. The number of halogens is 1. The van der Waals surface area contributed by atoms with E-state index in [1.807, 2.05) is 103 Å². The molecular formula is C31H24ClN3O2S2. The van der Waals surface area contributed by atoms with Crippen LogP contribution < -0.4 is 10.6 Å². The Hall–Kier alpha value is -3.91. The Morgan fingerprint density at radius 1 is 0.846 bits per heavy atom. The Bertz CT molecular complexity index is 1590. The second kappa shape index (κ2) is 12.3. The fraction of sp³-hybridized carbons (Fsp3) is 0.0645. The monoisotopic (exact) mass is 569 g/mol. The molecule has 39 heavy (non-hydrogen) atoms. The van der Waals surface area contributed by atoms with Gasteiger partial charge in [0.05, 0.1) is 5.69 Å². The van der Waals surface area contributed by atoms with E-state index in [1.54, 1.807) is 12.1 Å². The van der Waals surface area contributed by atoms with Gasteiger partial charge in [0.1, 0.15) is 5.25 Å². The zero-order valence-corrected chi connectivity index (χ0v) is 23.3. The molecule has 0 saturated heterocycles. The lowest BCUT2D eigenvalue weighted by molar-refractivity contribution is -0.115. The molecule has 1 unspecified atom stereocenters. The van der Waals surface area contributed by atoms with Crippen LogP contribution in [0.1, 0.15) is 26.7 Å². The number of carbonyl (C=O) groups is 2. The number of thiazole rings is 1. The van der Waals surface area contributed by atoms with Crippen molar-refractivity contribution >= 4 is 57.3 Å². The second-order valence-electron chi connectivity index (χ2n) is 8.76. The molecule has 0 saturated carbocycles. The van der Waals surface area contributed by atoms with E-state index in [-0.39, 0.29) is 11.8 Å². The number of hydrogen-bond donors (Lipinski definition) is 2. The van der Waals surface area contributed by atoms with Gasteiger partial charge in [-0.05, 0) is 55.0 Å². The van der Waals surface area contributed by atoms with Crippen LogP contribution >= 0.6 is 34.7 Å². The predicted molar refractivity (Wildman–Crippen MR) is 162 cm³/mol. The van der Waals surface area contributed by atoms with Crippen molar-refractivity contribution in [1.82, 2.24) is 4.98 Å². The minimum atomic E-state index is -0.508. The Balaban J connectivity index is 1.30. The molecule has 1 atom stereocenters. The average Bonchev–Trinajstić information content (AvgIpc) is 3.41. The molecule has 5 aromatic rings. The van der Waals surface area contributed by atoms with Crippen molar-refractivity contribution in [2.75, 3.05) is 10.6 Å². The molecule has 0 radical (unpaired) electrons. The maximum absolute atomic E-state index is 13.5. The molecule has 4 aromatic carbocycles. The van der Waals surface area contributed by atoms with E-state index in [2.05, 4.69) is 15.6 Å². The van der Waals surface area contributed by atoms with Gasteiger partial charge in [-0.3, -0.25) is 9.59 Å². The van der Waals surface area contributed by atoms with Crippen LogP contribution in [0.2, 0.25) is 5.02 Å². The summed E-state index contributed by atoms with van der Waals surface area (Å²) in [5.41, 5.74) is 4.79. The van der Waals surface area contributed by atoms with Crippen molar-refractivity contribution in [3.05, 3.63) is 130 Å². The molecule has 8 heteroatoms. The summed E-state index contributed by atoms with van der Waals surface area (Å²) >= 11 is 9.11. The number of hydrogen-bond acceptors (Lipinski definition) is 5. The first-order valence-electron chi connectivity index (χ1n) is 12.2. The topological polar surface area (TPSA) is 71.1 Å². The Morgan fingerprint density at radius 2 is 1.54 bits per heavy atom. The summed E-state index contributed by atoms with van der Waals surface area (Å²) in [6.07, 6.45) is 0. The summed E-state index contributed by atoms with van der Waals surface area (Å²) in [5, 5.41) is 8.38. The van der Waals surface area contributed by atoms with Crippen LogP contribution in [0.25, 0.3) is 11.3 Å². The van der Waals surface area contributed by atoms with E-state index in [0.29, 0.717) is 27.1 Å². The predicted octanol–water partition coefficient (Wildman–Crippen LogP) is 8.50. The van der Waals surface area contributed by atoms with E-state index in [4.69, 9.17) is 11.6 Å². The van der Waals surface area contributed by atoms with Crippen LogP contribution in [0.4, 0.5) is 10.8 Å². The Morgan fingerprint density at radius 3 is 2.26 bits per heavy atom. The zero-order valence-electron chi connectivity index (χ0n) is 20.9. The van der Waals surface area contributed by atoms with Gasteiger partial charge in [0, 0.05) is 32.1 Å². The van der Waals surface area contributed by atoms with Crippen LogP contribution in [-0.4, -0.2) is 16.8 Å². The standard InChI is InChI=1S/C31H24ClN3O2S2/c1-20-11-13-22(14-12-20)29(36)33-23-15-17-24(18-16-23)39-28(21-7-3-2-4-8-21)30(37)35-31-34-27(19-38-31)25-9-5-6-10-26(25)32/h2-19,28H,1H3,(H,33,36)(H,34,35,37). The van der Waals surface area contributed by atoms with Crippen molar-refractivity contribution in [1.29, 1.82) is 0 Å². The quantitative estimate of drug-likeness (QED) is 0.184. The van der Waals surface area contributed by atoms with Crippen LogP contribution in [0, 0.1) is 6.92 Å². The third-order valence-corrected chi connectivity index (χ3v) is 8.26. The number of aromatic nitrogens is 1. The summed E-state index contributed by atoms with van der Waals surface area (Å²) in [4.78, 5) is 31.5. The van der Waals surface area contributed by atoms with Gasteiger partial charge in [0.2, 0.25) is 5.91 Å². The van der Waals surface area contributed by atoms with E-state index < -0.39 is 5.25 Å². The van der Waals surface area contributed by atoms with Gasteiger partial charge >= 0.3 is 0 Å². The first-order chi connectivity index (χ1) is 19.0. The third kappa shape index (κ3) is 6.75. The molecular weight excluding hydrogens is 546 g/mol. The minimum absolute atomic E-state index is 0.170. The first-order valence-corrected chi connectivity index (χ1v) is 14.3. The Kier molecular flexibility index (Phi) is 8.42. The molecule has 0 spiro atoms. The maximum Gasteiger partial charge on any atom is 0.255 e. The highest BCUT2D eigenvalue weighted by atomic mass is 35.5. The van der Waals surface area contributed by atoms with Crippen LogP contribution in [0.3, 0.4) is 0 Å². The number of nitrogens with one attached hydrogen (secondary N) is 2. The molecule has 194 valence electrons. The maximum atomic E-state index is 13.5. The minimum Gasteiger partial charge on any atom is -0.322 e. The molecule has 1 heterocycles. The van der Waals surface area contributed by atoms with Crippen molar-refractivity contribution in [2.45, 2.75) is 17.1 Å². The third-order valence-electron chi connectivity index (χ3n) is 5.90. The molecule has 0 aliphatic heterocycles. The lowest BCUT2D eigenvalue weighted by atomic mass is 10.1. The van der Waals surface area contributed by atoms with E-state index >= 15 is 0 Å². The van der Waals surface area contributed by atoms with E-state index in [9.17, 15) is 9.59 Å². The van der Waals surface area contributed by atoms with Gasteiger partial charge in [-0.2, -0.15) is 0 Å². The van der Waals surface area contributed by atoms with Crippen LogP contribution in [0.15, 0.2) is 113 Å². The van der Waals surface area contributed by atoms with E-state index in [0.717, 1.165) is 21.6 Å². The molecule has 0 bridgehead atoms. The summed E-state index contributed by atoms with van der Waals surface area (Å²) < 4.78 is 0. The van der Waals surface area contributed by atoms with E-state index in [1.165, 1.54) is 23.1 Å². The SMILES string of the molecule is Cc1ccc(C(=O)Nc2ccc(SC(C(=O)Nc3nc(-c4ccccc4Cl)cs3)c3ccccc3)cc2)cc1. The van der Waals surface area contributed by atoms with Crippen molar-refractivity contribution in [3.63, 3.8) is 0 Å². The fourth-order valence-electron chi connectivity index (χ4n) is 3.86. The lowest BCUT2D eigenvalue weighted by Crippen LogP contribution is -2.19.